The molecule has 0 saturated heterocycles. The molecule has 20 heavy (non-hydrogen) atoms. The van der Waals surface area contributed by atoms with E-state index in [0.717, 1.165) is 5.56 Å². The number of anilines is 1. The summed E-state index contributed by atoms with van der Waals surface area (Å²) in [6.07, 6.45) is 1.18. The van der Waals surface area contributed by atoms with E-state index in [-0.39, 0.29) is 24.3 Å². The number of hydrogen-bond donors (Lipinski definition) is 3. The summed E-state index contributed by atoms with van der Waals surface area (Å²) >= 11 is 0. The number of aliphatic carboxylic acids is 1. The average molecular weight is 279 g/mol. The highest BCUT2D eigenvalue weighted by molar-refractivity contribution is 5.94. The molecule has 0 unspecified atom stereocenters. The molecule has 0 aromatic heterocycles. The average Bonchev–Trinajstić information content (AvgIpc) is 2.37. The van der Waals surface area contributed by atoms with Gasteiger partial charge >= 0.3 is 11.9 Å². The molecule has 108 valence electrons. The molecule has 1 amide bonds. The maximum Gasteiger partial charge on any atom is 0.335 e. The van der Waals surface area contributed by atoms with Gasteiger partial charge in [-0.25, -0.2) is 4.79 Å². The SMILES string of the molecule is Cc1ccc(C(=O)O)cc1NC(=O)CCCCC(=O)O. The fourth-order valence-electron chi connectivity index (χ4n) is 1.66. The number of amides is 1. The van der Waals surface area contributed by atoms with Crippen LogP contribution in [0.15, 0.2) is 18.2 Å². The van der Waals surface area contributed by atoms with Gasteiger partial charge in [-0.3, -0.25) is 9.59 Å². The van der Waals surface area contributed by atoms with Crippen LogP contribution < -0.4 is 5.32 Å². The fourth-order valence-corrected chi connectivity index (χ4v) is 1.66. The maximum absolute atomic E-state index is 11.7. The lowest BCUT2D eigenvalue weighted by molar-refractivity contribution is -0.137. The number of carbonyl (C=O) groups excluding carboxylic acids is 1. The highest BCUT2D eigenvalue weighted by atomic mass is 16.4. The van der Waals surface area contributed by atoms with Gasteiger partial charge in [0.1, 0.15) is 0 Å². The second-order valence-corrected chi connectivity index (χ2v) is 4.48. The monoisotopic (exact) mass is 279 g/mol. The van der Waals surface area contributed by atoms with E-state index in [9.17, 15) is 14.4 Å². The lowest BCUT2D eigenvalue weighted by atomic mass is 10.1. The van der Waals surface area contributed by atoms with E-state index in [1.807, 2.05) is 0 Å². The first kappa shape index (κ1) is 15.7. The first-order valence-electron chi connectivity index (χ1n) is 6.25. The van der Waals surface area contributed by atoms with Crippen molar-refractivity contribution in [2.45, 2.75) is 32.6 Å². The van der Waals surface area contributed by atoms with Crippen molar-refractivity contribution in [3.63, 3.8) is 0 Å². The van der Waals surface area contributed by atoms with Crippen LogP contribution in [0.25, 0.3) is 0 Å². The van der Waals surface area contributed by atoms with E-state index in [2.05, 4.69) is 5.32 Å². The smallest absolute Gasteiger partial charge is 0.335 e. The van der Waals surface area contributed by atoms with Gasteiger partial charge in [0.15, 0.2) is 0 Å². The molecule has 0 fully saturated rings. The van der Waals surface area contributed by atoms with Crippen molar-refractivity contribution in [3.05, 3.63) is 29.3 Å². The minimum absolute atomic E-state index is 0.0425. The van der Waals surface area contributed by atoms with E-state index >= 15 is 0 Å². The molecule has 1 rings (SSSR count). The van der Waals surface area contributed by atoms with Crippen molar-refractivity contribution in [1.82, 2.24) is 0 Å². The van der Waals surface area contributed by atoms with Crippen molar-refractivity contribution in [3.8, 4) is 0 Å². The summed E-state index contributed by atoms with van der Waals surface area (Å²) < 4.78 is 0. The van der Waals surface area contributed by atoms with Crippen LogP contribution >= 0.6 is 0 Å². The minimum atomic E-state index is -1.05. The summed E-state index contributed by atoms with van der Waals surface area (Å²) in [7, 11) is 0. The van der Waals surface area contributed by atoms with Gasteiger partial charge < -0.3 is 15.5 Å². The third-order valence-electron chi connectivity index (χ3n) is 2.80. The topological polar surface area (TPSA) is 104 Å². The number of aryl methyl sites for hydroxylation is 1. The quantitative estimate of drug-likeness (QED) is 0.664. The molecule has 0 saturated carbocycles. The van der Waals surface area contributed by atoms with Crippen molar-refractivity contribution >= 4 is 23.5 Å². The molecule has 0 bridgehead atoms. The molecule has 6 nitrogen and oxygen atoms in total. The van der Waals surface area contributed by atoms with Crippen LogP contribution in [-0.2, 0) is 9.59 Å². The fraction of sp³-hybridized carbons (Fsp3) is 0.357. The lowest BCUT2D eigenvalue weighted by Gasteiger charge is -2.09. The summed E-state index contributed by atoms with van der Waals surface area (Å²) in [6, 6.07) is 4.51. The van der Waals surface area contributed by atoms with Gasteiger partial charge in [0.05, 0.1) is 5.56 Å². The number of carboxylic acid groups (broad SMARTS) is 2. The predicted molar refractivity (Wildman–Crippen MR) is 72.9 cm³/mol. The molecular formula is C14H17NO5. The standard InChI is InChI=1S/C14H17NO5/c1-9-6-7-10(14(19)20)8-11(9)15-12(16)4-2-3-5-13(17)18/h6-8H,2-5H2,1H3,(H,15,16)(H,17,18)(H,19,20). The second kappa shape index (κ2) is 7.28. The van der Waals surface area contributed by atoms with Crippen LogP contribution in [-0.4, -0.2) is 28.1 Å². The summed E-state index contributed by atoms with van der Waals surface area (Å²) in [6.45, 7) is 1.77. The van der Waals surface area contributed by atoms with Crippen molar-refractivity contribution in [2.75, 3.05) is 5.32 Å². The Balaban J connectivity index is 2.55. The van der Waals surface area contributed by atoms with Crippen LogP contribution in [0.5, 0.6) is 0 Å². The predicted octanol–water partition coefficient (Wildman–Crippen LogP) is 2.28. The molecule has 0 atom stereocenters. The highest BCUT2D eigenvalue weighted by Crippen LogP contribution is 2.17. The Morgan fingerprint density at radius 1 is 1.10 bits per heavy atom. The Kier molecular flexibility index (Phi) is 5.71. The first-order valence-corrected chi connectivity index (χ1v) is 6.25. The van der Waals surface area contributed by atoms with Gasteiger partial charge in [-0.05, 0) is 37.5 Å². The molecule has 1 aromatic carbocycles. The Labute approximate surface area is 116 Å². The molecule has 0 spiro atoms. The number of rotatable bonds is 7. The zero-order valence-electron chi connectivity index (χ0n) is 11.2. The summed E-state index contributed by atoms with van der Waals surface area (Å²) in [4.78, 5) is 32.9. The third-order valence-corrected chi connectivity index (χ3v) is 2.80. The number of carboxylic acids is 2. The van der Waals surface area contributed by atoms with Crippen LogP contribution in [0.1, 0.15) is 41.6 Å². The Hall–Kier alpha value is -2.37. The largest absolute Gasteiger partial charge is 0.481 e. The summed E-state index contributed by atoms with van der Waals surface area (Å²) in [5.41, 5.74) is 1.35. The second-order valence-electron chi connectivity index (χ2n) is 4.48. The molecule has 6 heteroatoms. The van der Waals surface area contributed by atoms with Crippen LogP contribution in [0.2, 0.25) is 0 Å². The van der Waals surface area contributed by atoms with E-state index in [1.165, 1.54) is 12.1 Å². The van der Waals surface area contributed by atoms with Gasteiger partial charge in [0.25, 0.3) is 0 Å². The molecule has 0 aliphatic carbocycles. The third kappa shape index (κ3) is 5.09. The molecule has 0 aliphatic heterocycles. The Morgan fingerprint density at radius 2 is 1.75 bits per heavy atom. The first-order chi connectivity index (χ1) is 9.40. The Bertz CT molecular complexity index is 524. The van der Waals surface area contributed by atoms with E-state index in [4.69, 9.17) is 10.2 Å². The number of aromatic carboxylic acids is 1. The molecule has 0 radical (unpaired) electrons. The van der Waals surface area contributed by atoms with Crippen LogP contribution in [0.3, 0.4) is 0 Å². The normalized spacial score (nSPS) is 10.1. The highest BCUT2D eigenvalue weighted by Gasteiger charge is 2.09. The number of unbranched alkanes of at least 4 members (excludes halogenated alkanes) is 1. The van der Waals surface area contributed by atoms with E-state index in [1.54, 1.807) is 13.0 Å². The molecular weight excluding hydrogens is 262 g/mol. The number of benzene rings is 1. The van der Waals surface area contributed by atoms with Crippen LogP contribution in [0.4, 0.5) is 5.69 Å². The van der Waals surface area contributed by atoms with Crippen molar-refractivity contribution in [1.29, 1.82) is 0 Å². The van der Waals surface area contributed by atoms with Crippen LogP contribution in [0, 0.1) is 6.92 Å². The van der Waals surface area contributed by atoms with Crippen molar-refractivity contribution < 1.29 is 24.6 Å². The Morgan fingerprint density at radius 3 is 2.35 bits per heavy atom. The van der Waals surface area contributed by atoms with Gasteiger partial charge in [-0.2, -0.15) is 0 Å². The van der Waals surface area contributed by atoms with Gasteiger partial charge in [0.2, 0.25) is 5.91 Å². The number of hydrogen-bond acceptors (Lipinski definition) is 3. The number of carbonyl (C=O) groups is 3. The summed E-state index contributed by atoms with van der Waals surface area (Å²) in [5, 5.41) is 20.0. The number of nitrogens with one attached hydrogen (secondary N) is 1. The van der Waals surface area contributed by atoms with E-state index < -0.39 is 11.9 Å². The van der Waals surface area contributed by atoms with Crippen molar-refractivity contribution in [2.24, 2.45) is 0 Å². The minimum Gasteiger partial charge on any atom is -0.481 e. The van der Waals surface area contributed by atoms with Gasteiger partial charge in [-0.15, -0.1) is 0 Å². The summed E-state index contributed by atoms with van der Waals surface area (Å²) in [5.74, 6) is -2.18. The van der Waals surface area contributed by atoms with E-state index in [0.29, 0.717) is 18.5 Å². The zero-order chi connectivity index (χ0) is 15.1. The maximum atomic E-state index is 11.7. The molecule has 0 heterocycles. The molecule has 1 aromatic rings. The van der Waals surface area contributed by atoms with Gasteiger partial charge in [0, 0.05) is 18.5 Å². The molecule has 0 aliphatic rings. The van der Waals surface area contributed by atoms with Gasteiger partial charge in [-0.1, -0.05) is 6.07 Å². The molecule has 3 N–H and O–H groups in total. The zero-order valence-corrected chi connectivity index (χ0v) is 11.2. The lowest BCUT2D eigenvalue weighted by Crippen LogP contribution is -2.13.